The van der Waals surface area contributed by atoms with Gasteiger partial charge in [-0.1, -0.05) is 6.92 Å². The average Bonchev–Trinajstić information content (AvgIpc) is 3.08. The van der Waals surface area contributed by atoms with Crippen molar-refractivity contribution in [3.05, 3.63) is 54.0 Å². The van der Waals surface area contributed by atoms with E-state index in [4.69, 9.17) is 4.74 Å². The molecule has 0 radical (unpaired) electrons. The molecule has 0 bridgehead atoms. The molecule has 6 rings (SSSR count). The van der Waals surface area contributed by atoms with Crippen molar-refractivity contribution in [3.63, 3.8) is 0 Å². The third kappa shape index (κ3) is 7.94. The Hall–Kier alpha value is -4.48. The number of ether oxygens (including phenoxy) is 1. The number of piperidine rings is 1. The van der Waals surface area contributed by atoms with Crippen LogP contribution in [-0.4, -0.2) is 104 Å². The monoisotopic (exact) mass is 714 g/mol. The molecule has 50 heavy (non-hydrogen) atoms. The molecule has 2 saturated heterocycles. The Morgan fingerprint density at radius 1 is 0.960 bits per heavy atom. The van der Waals surface area contributed by atoms with E-state index < -0.39 is 27.6 Å². The number of nitrogens with one attached hydrogen (secondary N) is 3. The van der Waals surface area contributed by atoms with Gasteiger partial charge in [-0.3, -0.25) is 19.6 Å². The van der Waals surface area contributed by atoms with Crippen LogP contribution >= 0.6 is 0 Å². The summed E-state index contributed by atoms with van der Waals surface area (Å²) in [6.45, 7) is 8.24. The summed E-state index contributed by atoms with van der Waals surface area (Å²) >= 11 is 0. The molecule has 13 nitrogen and oxygen atoms in total. The molecule has 0 atom stereocenters. The Kier molecular flexibility index (Phi) is 10.2. The Labute approximate surface area is 289 Å². The number of rotatable bonds is 10. The molecule has 17 heteroatoms. The summed E-state index contributed by atoms with van der Waals surface area (Å²) in [6.07, 6.45) is 2.40. The summed E-state index contributed by atoms with van der Waals surface area (Å²) < 4.78 is 75.2. The molecule has 2 aromatic heterocycles. The normalized spacial score (nSPS) is 16.8. The zero-order valence-corrected chi connectivity index (χ0v) is 29.2. The van der Waals surface area contributed by atoms with Gasteiger partial charge in [0.25, 0.3) is 0 Å². The van der Waals surface area contributed by atoms with Gasteiger partial charge in [0.15, 0.2) is 0 Å². The molecule has 3 N–H and O–H groups in total. The quantitative estimate of drug-likeness (QED) is 0.202. The zero-order valence-electron chi connectivity index (χ0n) is 28.4. The number of anilines is 6. The number of aromatic nitrogens is 4. The number of likely N-dealkylation sites (N-methyl/N-ethyl adjacent to an activating group) is 1. The van der Waals surface area contributed by atoms with Crippen molar-refractivity contribution < 1.29 is 26.3 Å². The van der Waals surface area contributed by atoms with Crippen LogP contribution in [0.2, 0.25) is 0 Å². The Bertz CT molecular complexity index is 1950. The molecular weight excluding hydrogens is 673 g/mol. The molecule has 2 aliphatic heterocycles. The lowest BCUT2D eigenvalue weighted by molar-refractivity contribution is -0.137. The van der Waals surface area contributed by atoms with Crippen molar-refractivity contribution in [2.75, 3.05) is 79.9 Å². The Balaban J connectivity index is 1.28. The van der Waals surface area contributed by atoms with Crippen molar-refractivity contribution in [2.24, 2.45) is 0 Å². The molecule has 2 aliphatic rings. The van der Waals surface area contributed by atoms with Gasteiger partial charge >= 0.3 is 6.18 Å². The van der Waals surface area contributed by atoms with Crippen LogP contribution in [0.15, 0.2) is 42.9 Å². The molecule has 0 spiro atoms. The Morgan fingerprint density at radius 2 is 1.68 bits per heavy atom. The highest BCUT2D eigenvalue weighted by Crippen LogP contribution is 2.40. The number of halogens is 3. The van der Waals surface area contributed by atoms with Gasteiger partial charge in [0.2, 0.25) is 16.0 Å². The van der Waals surface area contributed by atoms with Crippen LogP contribution < -0.4 is 25.0 Å². The van der Waals surface area contributed by atoms with Gasteiger partial charge in [0.1, 0.15) is 22.6 Å². The predicted molar refractivity (Wildman–Crippen MR) is 188 cm³/mol. The SMILES string of the molecule is CCc1cc(Nc2ncc(C(F)(F)F)c(Nc3ccc4nccnc4c3NS(C)(=O)=O)n2)c(OC)cc1N1CCC(N2CCN(C)CC2)CC1. The minimum atomic E-state index is -4.82. The van der Waals surface area contributed by atoms with Gasteiger partial charge in [0, 0.05) is 75.7 Å². The minimum Gasteiger partial charge on any atom is -0.494 e. The van der Waals surface area contributed by atoms with E-state index in [1.165, 1.54) is 31.6 Å². The van der Waals surface area contributed by atoms with Gasteiger partial charge < -0.3 is 25.2 Å². The number of aryl methyl sites for hydroxylation is 1. The molecule has 2 aromatic carbocycles. The van der Waals surface area contributed by atoms with Crippen LogP contribution in [0.3, 0.4) is 0 Å². The molecule has 0 saturated carbocycles. The number of nitrogens with zero attached hydrogens (tertiary/aromatic N) is 7. The lowest BCUT2D eigenvalue weighted by Crippen LogP contribution is -2.52. The fourth-order valence-electron chi connectivity index (χ4n) is 6.54. The first kappa shape index (κ1) is 35.3. The first-order valence-corrected chi connectivity index (χ1v) is 18.3. The fraction of sp³-hybridized carbons (Fsp3) is 0.455. The van der Waals surface area contributed by atoms with Crippen molar-refractivity contribution >= 4 is 55.6 Å². The number of fused-ring (bicyclic) bond motifs is 1. The van der Waals surface area contributed by atoms with Crippen LogP contribution in [0.1, 0.15) is 30.9 Å². The summed E-state index contributed by atoms with van der Waals surface area (Å²) in [5.74, 6) is -0.228. The third-order valence-corrected chi connectivity index (χ3v) is 9.74. The smallest absolute Gasteiger partial charge is 0.421 e. The molecule has 268 valence electrons. The van der Waals surface area contributed by atoms with E-state index in [0.29, 0.717) is 35.6 Å². The van der Waals surface area contributed by atoms with E-state index in [0.717, 1.165) is 69.6 Å². The van der Waals surface area contributed by atoms with E-state index >= 15 is 0 Å². The lowest BCUT2D eigenvalue weighted by Gasteiger charge is -2.43. The highest BCUT2D eigenvalue weighted by Gasteiger charge is 2.36. The van der Waals surface area contributed by atoms with Crippen LogP contribution in [0.5, 0.6) is 5.75 Å². The minimum absolute atomic E-state index is 0.00910. The highest BCUT2D eigenvalue weighted by molar-refractivity contribution is 7.92. The predicted octanol–water partition coefficient (Wildman–Crippen LogP) is 5.08. The van der Waals surface area contributed by atoms with Gasteiger partial charge in [-0.15, -0.1) is 0 Å². The molecule has 2 fully saturated rings. The zero-order chi connectivity index (χ0) is 35.6. The summed E-state index contributed by atoms with van der Waals surface area (Å²) in [4.78, 5) is 23.9. The second-order valence-electron chi connectivity index (χ2n) is 12.6. The summed E-state index contributed by atoms with van der Waals surface area (Å²) in [5.41, 5.74) is 1.85. The standard InChI is InChI=1S/C33H41F3N10O3S/c1-5-21-18-26(28(49-3)19-27(21)46-12-8-22(9-13-46)45-16-14-44(2)15-17-45)41-32-39-20-23(33(34,35)36)31(42-32)40-25-7-6-24-29(38-11-10-37-24)30(25)43-50(4,47)48/h6-7,10-11,18-20,22,43H,5,8-9,12-17H2,1-4H3,(H2,39,40,41,42). The Morgan fingerprint density at radius 3 is 2.34 bits per heavy atom. The number of methoxy groups -OCH3 is 1. The molecular formula is C33H41F3N10O3S. The maximum atomic E-state index is 14.2. The second kappa shape index (κ2) is 14.4. The van der Waals surface area contributed by atoms with Crippen LogP contribution in [0.25, 0.3) is 11.0 Å². The first-order chi connectivity index (χ1) is 23.8. The first-order valence-electron chi connectivity index (χ1n) is 16.4. The van der Waals surface area contributed by atoms with Crippen molar-refractivity contribution in [1.29, 1.82) is 0 Å². The van der Waals surface area contributed by atoms with Gasteiger partial charge in [-0.05, 0) is 50.1 Å². The maximum absolute atomic E-state index is 14.2. The lowest BCUT2D eigenvalue weighted by atomic mass is 9.99. The van der Waals surface area contributed by atoms with Crippen LogP contribution in [0, 0.1) is 0 Å². The van der Waals surface area contributed by atoms with Crippen LogP contribution in [-0.2, 0) is 22.6 Å². The number of sulfonamides is 1. The molecule has 0 amide bonds. The summed E-state index contributed by atoms with van der Waals surface area (Å²) in [6, 6.07) is 7.36. The summed E-state index contributed by atoms with van der Waals surface area (Å²) in [7, 11) is -0.153. The average molecular weight is 715 g/mol. The summed E-state index contributed by atoms with van der Waals surface area (Å²) in [5, 5.41) is 5.72. The number of alkyl halides is 3. The topological polar surface area (TPSA) is 141 Å². The second-order valence-corrected chi connectivity index (χ2v) is 14.3. The van der Waals surface area contributed by atoms with E-state index in [-0.39, 0.29) is 22.8 Å². The number of piperazine rings is 1. The number of hydrogen-bond acceptors (Lipinski definition) is 12. The van der Waals surface area contributed by atoms with E-state index in [1.54, 1.807) is 0 Å². The molecule has 4 heterocycles. The molecule has 0 unspecified atom stereocenters. The molecule has 4 aromatic rings. The van der Waals surface area contributed by atoms with E-state index in [2.05, 4.69) is 64.0 Å². The number of hydrogen-bond donors (Lipinski definition) is 3. The van der Waals surface area contributed by atoms with Gasteiger partial charge in [-0.2, -0.15) is 18.2 Å². The van der Waals surface area contributed by atoms with E-state index in [1.807, 2.05) is 12.1 Å². The molecule has 0 aliphatic carbocycles. The fourth-order valence-corrected chi connectivity index (χ4v) is 7.12. The highest BCUT2D eigenvalue weighted by atomic mass is 32.2. The van der Waals surface area contributed by atoms with Gasteiger partial charge in [-0.25, -0.2) is 13.4 Å². The maximum Gasteiger partial charge on any atom is 0.421 e. The largest absolute Gasteiger partial charge is 0.494 e. The van der Waals surface area contributed by atoms with Crippen molar-refractivity contribution in [3.8, 4) is 5.75 Å². The van der Waals surface area contributed by atoms with Crippen molar-refractivity contribution in [1.82, 2.24) is 29.7 Å². The van der Waals surface area contributed by atoms with Gasteiger partial charge in [0.05, 0.1) is 35.9 Å². The van der Waals surface area contributed by atoms with E-state index in [9.17, 15) is 21.6 Å². The third-order valence-electron chi connectivity index (χ3n) is 9.16. The van der Waals surface area contributed by atoms with Crippen LogP contribution in [0.4, 0.5) is 47.7 Å². The van der Waals surface area contributed by atoms with Crippen molar-refractivity contribution in [2.45, 2.75) is 38.4 Å². The number of benzene rings is 2.